The second-order valence-corrected chi connectivity index (χ2v) is 5.25. The normalized spacial score (nSPS) is 10.3. The number of rotatable bonds is 13. The van der Waals surface area contributed by atoms with E-state index in [4.69, 9.17) is 0 Å². The fourth-order valence-corrected chi connectivity index (χ4v) is 2.06. The van der Waals surface area contributed by atoms with E-state index in [-0.39, 0.29) is 11.9 Å². The zero-order valence-corrected chi connectivity index (χ0v) is 13.2. The molecule has 0 aliphatic heterocycles. The summed E-state index contributed by atoms with van der Waals surface area (Å²) in [5.74, 6) is 0.0622. The van der Waals surface area contributed by atoms with E-state index in [1.54, 1.807) is 0 Å². The molecule has 0 heterocycles. The Labute approximate surface area is 123 Å². The van der Waals surface area contributed by atoms with Crippen molar-refractivity contribution in [2.24, 2.45) is 0 Å². The Bertz CT molecular complexity index is 254. The van der Waals surface area contributed by atoms with Crippen LogP contribution in [0.25, 0.3) is 0 Å². The molecule has 0 aromatic carbocycles. The molecule has 0 aliphatic rings. The van der Waals surface area contributed by atoms with Crippen molar-refractivity contribution < 1.29 is 14.3 Å². The first-order valence-electron chi connectivity index (χ1n) is 8.04. The fourth-order valence-electron chi connectivity index (χ4n) is 2.06. The lowest BCUT2D eigenvalue weighted by molar-refractivity contribution is -0.140. The molecule has 1 amide bonds. The Balaban J connectivity index is 3.19. The van der Waals surface area contributed by atoms with Gasteiger partial charge in [0.05, 0.1) is 7.11 Å². The maximum absolute atomic E-state index is 11.5. The van der Waals surface area contributed by atoms with Gasteiger partial charge >= 0.3 is 5.97 Å². The van der Waals surface area contributed by atoms with Crippen molar-refractivity contribution in [1.82, 2.24) is 5.32 Å². The largest absolute Gasteiger partial charge is 0.469 e. The van der Waals surface area contributed by atoms with Crippen molar-refractivity contribution >= 4 is 11.9 Å². The van der Waals surface area contributed by atoms with Gasteiger partial charge in [-0.3, -0.25) is 9.59 Å². The van der Waals surface area contributed by atoms with Crippen LogP contribution >= 0.6 is 0 Å². The number of carbonyl (C=O) groups excluding carboxylic acids is 2. The molecule has 0 saturated carbocycles. The molecule has 0 saturated heterocycles. The quantitative estimate of drug-likeness (QED) is 0.415. The number of hydrogen-bond donors (Lipinski definition) is 1. The van der Waals surface area contributed by atoms with Gasteiger partial charge in [-0.25, -0.2) is 0 Å². The number of unbranched alkanes of at least 4 members (excludes halogenated alkanes) is 7. The van der Waals surface area contributed by atoms with Gasteiger partial charge < -0.3 is 10.1 Å². The predicted molar refractivity (Wildman–Crippen MR) is 81.5 cm³/mol. The lowest BCUT2D eigenvalue weighted by atomic mass is 10.1. The molecule has 0 rings (SSSR count). The van der Waals surface area contributed by atoms with Crippen molar-refractivity contribution in [3.63, 3.8) is 0 Å². The molecule has 0 radical (unpaired) electrons. The van der Waals surface area contributed by atoms with E-state index >= 15 is 0 Å². The SMILES string of the molecule is CCCCCCC(=O)NCCCCCCCC(=O)OC. The van der Waals surface area contributed by atoms with Gasteiger partial charge in [-0.05, 0) is 19.3 Å². The highest BCUT2D eigenvalue weighted by Crippen LogP contribution is 2.06. The molecule has 0 fully saturated rings. The molecule has 0 aliphatic carbocycles. The van der Waals surface area contributed by atoms with E-state index in [9.17, 15) is 9.59 Å². The highest BCUT2D eigenvalue weighted by atomic mass is 16.5. The van der Waals surface area contributed by atoms with Gasteiger partial charge in [-0.2, -0.15) is 0 Å². The van der Waals surface area contributed by atoms with Crippen LogP contribution in [0.15, 0.2) is 0 Å². The summed E-state index contributed by atoms with van der Waals surface area (Å²) in [6.07, 6.45) is 11.0. The van der Waals surface area contributed by atoms with Crippen molar-refractivity contribution in [1.29, 1.82) is 0 Å². The van der Waals surface area contributed by atoms with E-state index in [2.05, 4.69) is 17.0 Å². The van der Waals surface area contributed by atoms with Crippen molar-refractivity contribution in [3.05, 3.63) is 0 Å². The summed E-state index contributed by atoms with van der Waals surface area (Å²) < 4.78 is 4.58. The average Bonchev–Trinajstić information content (AvgIpc) is 2.46. The van der Waals surface area contributed by atoms with Crippen LogP contribution in [0.4, 0.5) is 0 Å². The number of esters is 1. The second-order valence-electron chi connectivity index (χ2n) is 5.25. The second kappa shape index (κ2) is 14.4. The van der Waals surface area contributed by atoms with Crippen LogP contribution in [-0.2, 0) is 14.3 Å². The topological polar surface area (TPSA) is 55.4 Å². The third kappa shape index (κ3) is 13.4. The van der Waals surface area contributed by atoms with E-state index in [1.807, 2.05) is 0 Å². The summed E-state index contributed by atoms with van der Waals surface area (Å²) in [5, 5.41) is 2.96. The van der Waals surface area contributed by atoms with Gasteiger partial charge in [0.15, 0.2) is 0 Å². The molecular weight excluding hydrogens is 254 g/mol. The highest BCUT2D eigenvalue weighted by Gasteiger charge is 2.01. The summed E-state index contributed by atoms with van der Waals surface area (Å²) >= 11 is 0. The molecule has 0 aromatic rings. The molecular formula is C16H31NO3. The van der Waals surface area contributed by atoms with Crippen LogP contribution in [0, 0.1) is 0 Å². The van der Waals surface area contributed by atoms with Crippen LogP contribution in [0.2, 0.25) is 0 Å². The molecule has 0 atom stereocenters. The van der Waals surface area contributed by atoms with Gasteiger partial charge in [0, 0.05) is 19.4 Å². The van der Waals surface area contributed by atoms with Crippen molar-refractivity contribution in [2.75, 3.05) is 13.7 Å². The molecule has 4 nitrogen and oxygen atoms in total. The van der Waals surface area contributed by atoms with Gasteiger partial charge in [-0.15, -0.1) is 0 Å². The predicted octanol–water partition coefficient (Wildman–Crippen LogP) is 3.59. The number of methoxy groups -OCH3 is 1. The smallest absolute Gasteiger partial charge is 0.305 e. The highest BCUT2D eigenvalue weighted by molar-refractivity contribution is 5.75. The van der Waals surface area contributed by atoms with E-state index in [0.717, 1.165) is 51.5 Å². The number of amides is 1. The van der Waals surface area contributed by atoms with Crippen molar-refractivity contribution in [2.45, 2.75) is 77.6 Å². The van der Waals surface area contributed by atoms with Crippen LogP contribution in [0.3, 0.4) is 0 Å². The average molecular weight is 285 g/mol. The fraction of sp³-hybridized carbons (Fsp3) is 0.875. The standard InChI is InChI=1S/C16H31NO3/c1-3-4-5-9-12-15(18)17-14-11-8-6-7-10-13-16(19)20-2/h3-14H2,1-2H3,(H,17,18). The van der Waals surface area contributed by atoms with Gasteiger partial charge in [0.25, 0.3) is 0 Å². The molecule has 0 unspecified atom stereocenters. The van der Waals surface area contributed by atoms with E-state index < -0.39 is 0 Å². The zero-order chi connectivity index (χ0) is 15.1. The van der Waals surface area contributed by atoms with Gasteiger partial charge in [0.2, 0.25) is 5.91 Å². The first kappa shape index (κ1) is 18.9. The minimum absolute atomic E-state index is 0.125. The molecule has 118 valence electrons. The van der Waals surface area contributed by atoms with Crippen LogP contribution in [0.1, 0.15) is 77.6 Å². The maximum Gasteiger partial charge on any atom is 0.305 e. The van der Waals surface area contributed by atoms with Gasteiger partial charge in [-0.1, -0.05) is 45.4 Å². The Hall–Kier alpha value is -1.06. The molecule has 0 spiro atoms. The monoisotopic (exact) mass is 285 g/mol. The van der Waals surface area contributed by atoms with Gasteiger partial charge in [0.1, 0.15) is 0 Å². The summed E-state index contributed by atoms with van der Waals surface area (Å²) in [6, 6.07) is 0. The molecule has 4 heteroatoms. The number of carbonyl (C=O) groups is 2. The lowest BCUT2D eigenvalue weighted by Crippen LogP contribution is -2.23. The maximum atomic E-state index is 11.5. The van der Waals surface area contributed by atoms with Crippen molar-refractivity contribution in [3.8, 4) is 0 Å². The summed E-state index contributed by atoms with van der Waals surface area (Å²) in [4.78, 5) is 22.4. The molecule has 0 bridgehead atoms. The number of ether oxygens (including phenoxy) is 1. The first-order chi connectivity index (χ1) is 9.70. The zero-order valence-electron chi connectivity index (χ0n) is 13.2. The summed E-state index contributed by atoms with van der Waals surface area (Å²) in [7, 11) is 1.42. The Morgan fingerprint density at radius 3 is 2.15 bits per heavy atom. The minimum atomic E-state index is -0.125. The van der Waals surface area contributed by atoms with E-state index in [1.165, 1.54) is 20.0 Å². The Morgan fingerprint density at radius 2 is 1.45 bits per heavy atom. The molecule has 0 aromatic heterocycles. The Morgan fingerprint density at radius 1 is 0.850 bits per heavy atom. The van der Waals surface area contributed by atoms with Crippen LogP contribution in [-0.4, -0.2) is 25.5 Å². The van der Waals surface area contributed by atoms with E-state index in [0.29, 0.717) is 12.8 Å². The van der Waals surface area contributed by atoms with Crippen LogP contribution < -0.4 is 5.32 Å². The third-order valence-corrected chi connectivity index (χ3v) is 3.36. The third-order valence-electron chi connectivity index (χ3n) is 3.36. The molecule has 1 N–H and O–H groups in total. The number of nitrogens with one attached hydrogen (secondary N) is 1. The minimum Gasteiger partial charge on any atom is -0.469 e. The first-order valence-corrected chi connectivity index (χ1v) is 8.04. The lowest BCUT2D eigenvalue weighted by Gasteiger charge is -2.05. The molecule has 20 heavy (non-hydrogen) atoms. The Kier molecular flexibility index (Phi) is 13.6. The number of hydrogen-bond acceptors (Lipinski definition) is 3. The van der Waals surface area contributed by atoms with Crippen LogP contribution in [0.5, 0.6) is 0 Å². The summed E-state index contributed by atoms with van der Waals surface area (Å²) in [5.41, 5.74) is 0. The summed E-state index contributed by atoms with van der Waals surface area (Å²) in [6.45, 7) is 2.95.